The smallest absolute Gasteiger partial charge is 0.268 e. The van der Waals surface area contributed by atoms with Gasteiger partial charge in [0.05, 0.1) is 23.6 Å². The lowest BCUT2D eigenvalue weighted by atomic mass is 10.1. The number of halogens is 1. The van der Waals surface area contributed by atoms with Gasteiger partial charge >= 0.3 is 0 Å². The Morgan fingerprint density at radius 3 is 2.39 bits per heavy atom. The fourth-order valence-electron chi connectivity index (χ4n) is 1.64. The number of rotatable bonds is 6. The maximum absolute atomic E-state index is 12.1. The summed E-state index contributed by atoms with van der Waals surface area (Å²) in [6, 6.07) is 8.37. The fraction of sp³-hybridized carbons (Fsp3) is 0.417. The van der Waals surface area contributed by atoms with Crippen molar-refractivity contribution in [3.63, 3.8) is 0 Å². The van der Waals surface area contributed by atoms with Gasteiger partial charge in [0.1, 0.15) is 0 Å². The van der Waals surface area contributed by atoms with Crippen molar-refractivity contribution in [3.8, 4) is 6.07 Å². The van der Waals surface area contributed by atoms with E-state index in [0.29, 0.717) is 11.1 Å². The topological polar surface area (TPSA) is 78.2 Å². The molecule has 0 aliphatic carbocycles. The van der Waals surface area contributed by atoms with Gasteiger partial charge in [0, 0.05) is 0 Å². The van der Waals surface area contributed by atoms with E-state index in [1.165, 1.54) is 0 Å². The van der Waals surface area contributed by atoms with Crippen LogP contribution in [-0.2, 0) is 16.5 Å². The Morgan fingerprint density at radius 1 is 1.33 bits per heavy atom. The number of hydrogen-bond donors (Lipinski definition) is 1. The van der Waals surface area contributed by atoms with Crippen molar-refractivity contribution in [2.24, 2.45) is 0 Å². The van der Waals surface area contributed by atoms with Crippen molar-refractivity contribution in [2.45, 2.75) is 24.5 Å². The van der Waals surface area contributed by atoms with E-state index >= 15 is 0 Å². The third kappa shape index (κ3) is 4.43. The molecule has 1 unspecified atom stereocenters. The van der Waals surface area contributed by atoms with Crippen LogP contribution in [-0.4, -0.2) is 24.9 Å². The van der Waals surface area contributed by atoms with Crippen LogP contribution < -0.4 is 0 Å². The molecule has 0 heterocycles. The summed E-state index contributed by atoms with van der Waals surface area (Å²) in [5.41, 5.74) is 1.17. The molecule has 0 aliphatic heterocycles. The summed E-state index contributed by atoms with van der Waals surface area (Å²) >= 11 is 0. The second-order valence-corrected chi connectivity index (χ2v) is 5.68. The second-order valence-electron chi connectivity index (χ2n) is 3.98. The first-order chi connectivity index (χ1) is 8.47. The third-order valence-electron chi connectivity index (χ3n) is 2.63. The van der Waals surface area contributed by atoms with Crippen LogP contribution in [0.3, 0.4) is 0 Å². The van der Waals surface area contributed by atoms with Gasteiger partial charge in [-0.05, 0) is 37.0 Å². The van der Waals surface area contributed by atoms with Gasteiger partial charge in [-0.25, -0.2) is 0 Å². The van der Waals surface area contributed by atoms with Gasteiger partial charge in [-0.2, -0.15) is 13.7 Å². The Balaban J connectivity index is 2.79. The molecule has 0 saturated heterocycles. The normalized spacial score (nSPS) is 12.9. The van der Waals surface area contributed by atoms with Crippen LogP contribution in [0.1, 0.15) is 24.0 Å². The molecule has 0 amide bonds. The Labute approximate surface area is 106 Å². The monoisotopic (exact) mass is 270 g/mol. The lowest BCUT2D eigenvalue weighted by molar-refractivity contribution is 0.431. The minimum Gasteiger partial charge on any atom is -0.285 e. The molecule has 1 aromatic carbocycles. The zero-order chi connectivity index (χ0) is 13.6. The van der Waals surface area contributed by atoms with Gasteiger partial charge in [-0.3, -0.25) is 8.94 Å². The quantitative estimate of drug-likeness (QED) is 0.803. The summed E-state index contributed by atoms with van der Waals surface area (Å²) in [7, 11) is -4.18. The van der Waals surface area contributed by atoms with E-state index in [4.69, 9.17) is 9.81 Å². The van der Waals surface area contributed by atoms with Gasteiger partial charge in [-0.15, -0.1) is 0 Å². The summed E-state index contributed by atoms with van der Waals surface area (Å²) in [6.45, 7) is -0.612. The van der Waals surface area contributed by atoms with E-state index in [9.17, 15) is 12.8 Å². The van der Waals surface area contributed by atoms with Crippen LogP contribution in [0.5, 0.6) is 0 Å². The van der Waals surface area contributed by atoms with Gasteiger partial charge in [0.15, 0.2) is 0 Å². The van der Waals surface area contributed by atoms with E-state index in [1.54, 1.807) is 24.3 Å². The van der Waals surface area contributed by atoms with E-state index in [0.717, 1.165) is 0 Å². The van der Waals surface area contributed by atoms with E-state index in [1.807, 2.05) is 6.07 Å². The Hall–Kier alpha value is -1.45. The van der Waals surface area contributed by atoms with Gasteiger partial charge in [0.25, 0.3) is 10.1 Å². The molecule has 18 heavy (non-hydrogen) atoms. The Morgan fingerprint density at radius 2 is 1.94 bits per heavy atom. The molecule has 0 spiro atoms. The third-order valence-corrected chi connectivity index (χ3v) is 3.87. The number of nitrogens with zero attached hydrogens (tertiary/aromatic N) is 1. The van der Waals surface area contributed by atoms with Crippen LogP contribution >= 0.6 is 0 Å². The largest absolute Gasteiger partial charge is 0.285 e. The first kappa shape index (κ1) is 14.6. The molecular weight excluding hydrogens is 256 g/mol. The molecule has 1 rings (SSSR count). The highest BCUT2D eigenvalue weighted by atomic mass is 32.2. The maximum atomic E-state index is 12.1. The number of hydrogen-bond acceptors (Lipinski definition) is 3. The molecule has 0 aromatic heterocycles. The van der Waals surface area contributed by atoms with Crippen molar-refractivity contribution >= 4 is 10.1 Å². The van der Waals surface area contributed by atoms with E-state index < -0.39 is 22.0 Å². The Kier molecular flexibility index (Phi) is 5.25. The molecular formula is C12H14FNO3S. The van der Waals surface area contributed by atoms with Crippen LogP contribution in [0, 0.1) is 11.3 Å². The van der Waals surface area contributed by atoms with Crippen LogP contribution in [0.15, 0.2) is 24.3 Å². The second kappa shape index (κ2) is 6.47. The minimum absolute atomic E-state index is 0.0787. The van der Waals surface area contributed by atoms with Gasteiger partial charge in [-0.1, -0.05) is 12.1 Å². The summed E-state index contributed by atoms with van der Waals surface area (Å²) < 4.78 is 43.4. The number of nitriles is 1. The molecule has 6 heteroatoms. The maximum Gasteiger partial charge on any atom is 0.268 e. The molecule has 1 aromatic rings. The van der Waals surface area contributed by atoms with Crippen LogP contribution in [0.2, 0.25) is 0 Å². The zero-order valence-corrected chi connectivity index (χ0v) is 10.5. The van der Waals surface area contributed by atoms with Crippen LogP contribution in [0.25, 0.3) is 0 Å². The van der Waals surface area contributed by atoms with E-state index in [-0.39, 0.29) is 19.3 Å². The van der Waals surface area contributed by atoms with E-state index in [2.05, 4.69) is 0 Å². The minimum atomic E-state index is -4.18. The molecule has 0 fully saturated rings. The predicted octanol–water partition coefficient (Wildman–Crippen LogP) is 2.11. The summed E-state index contributed by atoms with van der Waals surface area (Å²) in [4.78, 5) is 0. The van der Waals surface area contributed by atoms with Crippen molar-refractivity contribution < 1.29 is 17.4 Å². The first-order valence-electron chi connectivity index (χ1n) is 5.48. The molecule has 0 aliphatic rings. The standard InChI is InChI=1S/C12H14FNO3S/c13-7-1-2-12(18(15,16)17)8-10-3-5-11(9-14)6-4-10/h3-6,12H,1-2,7-8H2,(H,15,16,17)/i13-1. The van der Waals surface area contributed by atoms with Gasteiger partial charge in [0.2, 0.25) is 0 Å². The average molecular weight is 270 g/mol. The van der Waals surface area contributed by atoms with Crippen molar-refractivity contribution in [1.82, 2.24) is 0 Å². The van der Waals surface area contributed by atoms with Gasteiger partial charge < -0.3 is 0 Å². The SMILES string of the molecule is N#Cc1ccc(CC(CCC[18F])S(=O)(=O)O)cc1. The molecule has 1 N–H and O–H groups in total. The van der Waals surface area contributed by atoms with Crippen LogP contribution in [0.4, 0.5) is 4.39 Å². The average Bonchev–Trinajstić information content (AvgIpc) is 2.34. The molecule has 1 atom stereocenters. The first-order valence-corrected chi connectivity index (χ1v) is 6.99. The zero-order valence-electron chi connectivity index (χ0n) is 9.71. The summed E-state index contributed by atoms with van der Waals surface area (Å²) in [5.74, 6) is 0. The molecule has 98 valence electrons. The lowest BCUT2D eigenvalue weighted by Gasteiger charge is -2.13. The fourth-order valence-corrected chi connectivity index (χ4v) is 2.51. The number of alkyl halides is 1. The molecule has 0 saturated carbocycles. The number of benzene rings is 1. The summed E-state index contributed by atoms with van der Waals surface area (Å²) in [6.07, 6.45) is 0.292. The summed E-state index contributed by atoms with van der Waals surface area (Å²) in [5, 5.41) is 7.63. The van der Waals surface area contributed by atoms with Crippen molar-refractivity contribution in [3.05, 3.63) is 35.4 Å². The van der Waals surface area contributed by atoms with Crippen molar-refractivity contribution in [1.29, 1.82) is 5.26 Å². The molecule has 4 nitrogen and oxygen atoms in total. The highest BCUT2D eigenvalue weighted by molar-refractivity contribution is 7.86. The Bertz CT molecular complexity index is 519. The predicted molar refractivity (Wildman–Crippen MR) is 65.4 cm³/mol. The molecule has 0 bridgehead atoms. The highest BCUT2D eigenvalue weighted by Gasteiger charge is 2.22. The van der Waals surface area contributed by atoms with Crippen molar-refractivity contribution in [2.75, 3.05) is 6.67 Å². The lowest BCUT2D eigenvalue weighted by Crippen LogP contribution is -2.23. The highest BCUT2D eigenvalue weighted by Crippen LogP contribution is 2.15. The molecule has 0 radical (unpaired) electrons.